The van der Waals surface area contributed by atoms with E-state index in [-0.39, 0.29) is 18.3 Å². The number of anilines is 1. The Hall–Kier alpha value is -2.67. The number of carboxylic acids is 1. The number of aryl methyl sites for hydroxylation is 2. The lowest BCUT2D eigenvalue weighted by Gasteiger charge is -2.32. The van der Waals surface area contributed by atoms with Crippen LogP contribution in [0.1, 0.15) is 17.5 Å². The standard InChI is InChI=1S/C18H21N3O4/c1-11-7-12(2)18(15(22)8-11)14-3-4-16(20-19-14)21-5-6-25-13(10-21)9-17(23)24/h3-4,7-8,13,22H,5-6,9-10H2,1-2H3,(H,23,24). The molecule has 0 saturated carbocycles. The van der Waals surface area contributed by atoms with Gasteiger partial charge < -0.3 is 19.8 Å². The molecule has 25 heavy (non-hydrogen) atoms. The van der Waals surface area contributed by atoms with Gasteiger partial charge in [0, 0.05) is 18.7 Å². The first kappa shape index (κ1) is 17.2. The summed E-state index contributed by atoms with van der Waals surface area (Å²) in [5.41, 5.74) is 3.21. The number of carbonyl (C=O) groups is 1. The number of phenolic OH excluding ortho intramolecular Hbond substituents is 1. The molecule has 2 N–H and O–H groups in total. The summed E-state index contributed by atoms with van der Waals surface area (Å²) in [4.78, 5) is 12.8. The van der Waals surface area contributed by atoms with Gasteiger partial charge in [0.2, 0.25) is 0 Å². The van der Waals surface area contributed by atoms with Gasteiger partial charge in [-0.05, 0) is 43.2 Å². The fourth-order valence-electron chi connectivity index (χ4n) is 3.15. The Balaban J connectivity index is 1.80. The topological polar surface area (TPSA) is 95.8 Å². The molecule has 7 heteroatoms. The maximum Gasteiger partial charge on any atom is 0.306 e. The van der Waals surface area contributed by atoms with Gasteiger partial charge in [0.15, 0.2) is 5.82 Å². The van der Waals surface area contributed by atoms with E-state index in [2.05, 4.69) is 10.2 Å². The van der Waals surface area contributed by atoms with E-state index < -0.39 is 5.97 Å². The second-order valence-corrected chi connectivity index (χ2v) is 6.29. The molecule has 132 valence electrons. The summed E-state index contributed by atoms with van der Waals surface area (Å²) in [6, 6.07) is 7.35. The molecule has 1 atom stereocenters. The number of nitrogens with zero attached hydrogens (tertiary/aromatic N) is 3. The Kier molecular flexibility index (Phi) is 4.85. The van der Waals surface area contributed by atoms with E-state index in [0.29, 0.717) is 36.8 Å². The van der Waals surface area contributed by atoms with Crippen LogP contribution < -0.4 is 4.90 Å². The lowest BCUT2D eigenvalue weighted by Crippen LogP contribution is -2.43. The molecular formula is C18H21N3O4. The van der Waals surface area contributed by atoms with Gasteiger partial charge in [-0.2, -0.15) is 0 Å². The van der Waals surface area contributed by atoms with Crippen LogP contribution in [0.3, 0.4) is 0 Å². The van der Waals surface area contributed by atoms with E-state index in [1.807, 2.05) is 36.9 Å². The molecule has 0 aliphatic carbocycles. The van der Waals surface area contributed by atoms with Crippen LogP contribution in [0.4, 0.5) is 5.82 Å². The molecule has 1 unspecified atom stereocenters. The van der Waals surface area contributed by atoms with Crippen LogP contribution in [0.2, 0.25) is 0 Å². The van der Waals surface area contributed by atoms with Crippen molar-refractivity contribution in [1.82, 2.24) is 10.2 Å². The van der Waals surface area contributed by atoms with Crippen molar-refractivity contribution in [2.45, 2.75) is 26.4 Å². The number of aromatic hydroxyl groups is 1. The number of morpholine rings is 1. The van der Waals surface area contributed by atoms with Crippen LogP contribution >= 0.6 is 0 Å². The fraction of sp³-hybridized carbons (Fsp3) is 0.389. The van der Waals surface area contributed by atoms with E-state index in [0.717, 1.165) is 11.1 Å². The monoisotopic (exact) mass is 343 g/mol. The zero-order valence-electron chi connectivity index (χ0n) is 14.3. The van der Waals surface area contributed by atoms with Crippen LogP contribution in [-0.2, 0) is 9.53 Å². The smallest absolute Gasteiger partial charge is 0.306 e. The van der Waals surface area contributed by atoms with Crippen molar-refractivity contribution in [2.24, 2.45) is 0 Å². The minimum Gasteiger partial charge on any atom is -0.507 e. The zero-order chi connectivity index (χ0) is 18.0. The number of benzene rings is 1. The number of aliphatic carboxylic acids is 1. The first-order chi connectivity index (χ1) is 11.9. The Labute approximate surface area is 145 Å². The predicted octanol–water partition coefficient (Wildman–Crippen LogP) is 2.15. The average molecular weight is 343 g/mol. The van der Waals surface area contributed by atoms with Crippen LogP contribution in [0.5, 0.6) is 5.75 Å². The Morgan fingerprint density at radius 2 is 2.12 bits per heavy atom. The first-order valence-electron chi connectivity index (χ1n) is 8.16. The van der Waals surface area contributed by atoms with E-state index in [1.54, 1.807) is 6.07 Å². The van der Waals surface area contributed by atoms with E-state index >= 15 is 0 Å². The summed E-state index contributed by atoms with van der Waals surface area (Å²) >= 11 is 0. The maximum atomic E-state index is 10.8. The highest BCUT2D eigenvalue weighted by Crippen LogP contribution is 2.32. The number of hydrogen-bond donors (Lipinski definition) is 2. The molecular weight excluding hydrogens is 322 g/mol. The van der Waals surface area contributed by atoms with Gasteiger partial charge in [-0.15, -0.1) is 10.2 Å². The second kappa shape index (κ2) is 7.06. The fourth-order valence-corrected chi connectivity index (χ4v) is 3.15. The Bertz CT molecular complexity index is 753. The number of aromatic nitrogens is 2. The molecule has 1 aliphatic heterocycles. The number of ether oxygens (including phenoxy) is 1. The average Bonchev–Trinajstić information content (AvgIpc) is 2.54. The minimum atomic E-state index is -0.876. The number of hydrogen-bond acceptors (Lipinski definition) is 6. The van der Waals surface area contributed by atoms with Crippen molar-refractivity contribution in [2.75, 3.05) is 24.6 Å². The summed E-state index contributed by atoms with van der Waals surface area (Å²) in [5, 5.41) is 27.6. The van der Waals surface area contributed by atoms with Crippen molar-refractivity contribution in [3.05, 3.63) is 35.4 Å². The van der Waals surface area contributed by atoms with Crippen LogP contribution in [0, 0.1) is 13.8 Å². The summed E-state index contributed by atoms with van der Waals surface area (Å²) in [6.45, 7) is 5.42. The molecule has 2 heterocycles. The van der Waals surface area contributed by atoms with Crippen molar-refractivity contribution < 1.29 is 19.7 Å². The molecule has 1 aromatic heterocycles. The third kappa shape index (κ3) is 3.88. The number of carboxylic acid groups (broad SMARTS) is 1. The SMILES string of the molecule is Cc1cc(C)c(-c2ccc(N3CCOC(CC(=O)O)C3)nn2)c(O)c1. The third-order valence-electron chi connectivity index (χ3n) is 4.23. The molecule has 0 radical (unpaired) electrons. The molecule has 1 aromatic carbocycles. The molecule has 3 rings (SSSR count). The Morgan fingerprint density at radius 3 is 2.76 bits per heavy atom. The molecule has 1 fully saturated rings. The van der Waals surface area contributed by atoms with Crippen LogP contribution in [0.15, 0.2) is 24.3 Å². The molecule has 0 amide bonds. The summed E-state index contributed by atoms with van der Waals surface area (Å²) in [5.74, 6) is -0.0160. The van der Waals surface area contributed by atoms with Gasteiger partial charge in [0.25, 0.3) is 0 Å². The van der Waals surface area contributed by atoms with Crippen molar-refractivity contribution in [1.29, 1.82) is 0 Å². The molecule has 0 bridgehead atoms. The highest BCUT2D eigenvalue weighted by molar-refractivity contribution is 5.71. The van der Waals surface area contributed by atoms with Gasteiger partial charge in [-0.25, -0.2) is 0 Å². The molecule has 2 aromatic rings. The number of phenols is 1. The minimum absolute atomic E-state index is 0.0293. The van der Waals surface area contributed by atoms with Gasteiger partial charge in [-0.1, -0.05) is 6.07 Å². The second-order valence-electron chi connectivity index (χ2n) is 6.29. The van der Waals surface area contributed by atoms with Gasteiger partial charge in [0.1, 0.15) is 5.75 Å². The Morgan fingerprint density at radius 1 is 1.32 bits per heavy atom. The molecule has 0 spiro atoms. The first-order valence-corrected chi connectivity index (χ1v) is 8.16. The normalized spacial score (nSPS) is 17.5. The molecule has 1 saturated heterocycles. The zero-order valence-corrected chi connectivity index (χ0v) is 14.3. The van der Waals surface area contributed by atoms with Crippen molar-refractivity contribution in [3.8, 4) is 17.0 Å². The van der Waals surface area contributed by atoms with Gasteiger partial charge >= 0.3 is 5.97 Å². The van der Waals surface area contributed by atoms with Gasteiger partial charge in [-0.3, -0.25) is 4.79 Å². The summed E-state index contributed by atoms with van der Waals surface area (Å²) < 4.78 is 5.47. The lowest BCUT2D eigenvalue weighted by atomic mass is 10.0. The summed E-state index contributed by atoms with van der Waals surface area (Å²) in [7, 11) is 0. The quantitative estimate of drug-likeness (QED) is 0.878. The van der Waals surface area contributed by atoms with Crippen molar-refractivity contribution >= 4 is 11.8 Å². The predicted molar refractivity (Wildman–Crippen MR) is 92.8 cm³/mol. The maximum absolute atomic E-state index is 10.8. The van der Waals surface area contributed by atoms with Crippen LogP contribution in [0.25, 0.3) is 11.3 Å². The third-order valence-corrected chi connectivity index (χ3v) is 4.23. The van der Waals surface area contributed by atoms with Crippen molar-refractivity contribution in [3.63, 3.8) is 0 Å². The van der Waals surface area contributed by atoms with Gasteiger partial charge in [0.05, 0.1) is 24.8 Å². The van der Waals surface area contributed by atoms with E-state index in [1.165, 1.54) is 0 Å². The largest absolute Gasteiger partial charge is 0.507 e. The van der Waals surface area contributed by atoms with E-state index in [9.17, 15) is 9.90 Å². The van der Waals surface area contributed by atoms with Crippen LogP contribution in [-0.4, -0.2) is 52.2 Å². The van der Waals surface area contributed by atoms with E-state index in [4.69, 9.17) is 9.84 Å². The molecule has 7 nitrogen and oxygen atoms in total. The highest BCUT2D eigenvalue weighted by atomic mass is 16.5. The summed E-state index contributed by atoms with van der Waals surface area (Å²) in [6.07, 6.45) is -0.380. The molecule has 1 aliphatic rings. The lowest BCUT2D eigenvalue weighted by molar-refractivity contribution is -0.140. The number of rotatable bonds is 4. The highest BCUT2D eigenvalue weighted by Gasteiger charge is 2.24.